The zero-order valence-corrected chi connectivity index (χ0v) is 10.2. The highest BCUT2D eigenvalue weighted by Crippen LogP contribution is 2.04. The maximum Gasteiger partial charge on any atom is 0.0110 e. The number of hydrogen-bond acceptors (Lipinski definition) is 3. The summed E-state index contributed by atoms with van der Waals surface area (Å²) in [6.45, 7) is 10.7. The van der Waals surface area contributed by atoms with Crippen molar-refractivity contribution in [3.63, 3.8) is 0 Å². The average Bonchev–Trinajstić information content (AvgIpc) is 2.27. The third-order valence-corrected chi connectivity index (χ3v) is 3.18. The highest BCUT2D eigenvalue weighted by atomic mass is 15.3. The Morgan fingerprint density at radius 3 is 2.00 bits per heavy atom. The van der Waals surface area contributed by atoms with Crippen molar-refractivity contribution in [3.05, 3.63) is 0 Å². The van der Waals surface area contributed by atoms with Crippen molar-refractivity contribution in [2.45, 2.75) is 32.6 Å². The summed E-state index contributed by atoms with van der Waals surface area (Å²) < 4.78 is 0. The normalized spacial score (nSPS) is 19.6. The molecule has 1 rings (SSSR count). The first-order chi connectivity index (χ1) is 7.36. The van der Waals surface area contributed by atoms with Gasteiger partial charge in [0.1, 0.15) is 0 Å². The highest BCUT2D eigenvalue weighted by Gasteiger charge is 2.14. The van der Waals surface area contributed by atoms with E-state index in [1.165, 1.54) is 65.0 Å². The summed E-state index contributed by atoms with van der Waals surface area (Å²) in [5, 5.41) is 0. The molecule has 0 amide bonds. The minimum Gasteiger partial charge on any atom is -0.330 e. The predicted octanol–water partition coefficient (Wildman–Crippen LogP) is 1.14. The van der Waals surface area contributed by atoms with Crippen LogP contribution in [0.5, 0.6) is 0 Å². The molecule has 1 aliphatic heterocycles. The number of hydrogen-bond donors (Lipinski definition) is 1. The molecular weight excluding hydrogens is 186 g/mol. The summed E-state index contributed by atoms with van der Waals surface area (Å²) in [5.41, 5.74) is 5.48. The van der Waals surface area contributed by atoms with Crippen LogP contribution in [0, 0.1) is 0 Å². The van der Waals surface area contributed by atoms with Crippen molar-refractivity contribution >= 4 is 0 Å². The second kappa shape index (κ2) is 8.08. The molecule has 1 aliphatic rings. The fourth-order valence-corrected chi connectivity index (χ4v) is 2.21. The van der Waals surface area contributed by atoms with E-state index in [4.69, 9.17) is 5.73 Å². The molecule has 0 atom stereocenters. The smallest absolute Gasteiger partial charge is 0.0110 e. The van der Waals surface area contributed by atoms with Gasteiger partial charge in [-0.3, -0.25) is 0 Å². The van der Waals surface area contributed by atoms with Gasteiger partial charge in [-0.05, 0) is 38.9 Å². The van der Waals surface area contributed by atoms with Gasteiger partial charge >= 0.3 is 0 Å². The number of nitrogens with zero attached hydrogens (tertiary/aromatic N) is 2. The first-order valence-electron chi connectivity index (χ1n) is 6.51. The van der Waals surface area contributed by atoms with E-state index in [9.17, 15) is 0 Å². The van der Waals surface area contributed by atoms with Crippen molar-refractivity contribution in [3.8, 4) is 0 Å². The molecule has 0 aromatic rings. The SMILES string of the molecule is CCCN1CCN(CCCCCN)CC1. The molecule has 15 heavy (non-hydrogen) atoms. The third kappa shape index (κ3) is 5.50. The fourth-order valence-electron chi connectivity index (χ4n) is 2.21. The Kier molecular flexibility index (Phi) is 6.98. The Hall–Kier alpha value is -0.120. The zero-order valence-electron chi connectivity index (χ0n) is 10.2. The second-order valence-electron chi connectivity index (χ2n) is 4.53. The molecule has 0 radical (unpaired) electrons. The van der Waals surface area contributed by atoms with Crippen LogP contribution in [0.1, 0.15) is 32.6 Å². The van der Waals surface area contributed by atoms with Gasteiger partial charge in [-0.1, -0.05) is 13.3 Å². The number of rotatable bonds is 7. The molecule has 1 heterocycles. The maximum absolute atomic E-state index is 5.48. The van der Waals surface area contributed by atoms with Crippen LogP contribution in [0.15, 0.2) is 0 Å². The lowest BCUT2D eigenvalue weighted by atomic mass is 10.2. The standard InChI is InChI=1S/C12H27N3/c1-2-7-14-9-11-15(12-10-14)8-5-3-4-6-13/h2-13H2,1H3. The van der Waals surface area contributed by atoms with Gasteiger partial charge in [0.2, 0.25) is 0 Å². The van der Waals surface area contributed by atoms with E-state index in [2.05, 4.69) is 16.7 Å². The van der Waals surface area contributed by atoms with Gasteiger partial charge < -0.3 is 15.5 Å². The predicted molar refractivity (Wildman–Crippen MR) is 66.1 cm³/mol. The zero-order chi connectivity index (χ0) is 10.9. The maximum atomic E-state index is 5.48. The fraction of sp³-hybridized carbons (Fsp3) is 1.00. The van der Waals surface area contributed by atoms with Crippen LogP contribution in [0.4, 0.5) is 0 Å². The Bertz CT molecular complexity index is 139. The van der Waals surface area contributed by atoms with E-state index in [1.807, 2.05) is 0 Å². The molecule has 0 saturated carbocycles. The molecule has 3 nitrogen and oxygen atoms in total. The molecule has 0 aliphatic carbocycles. The molecule has 0 unspecified atom stereocenters. The summed E-state index contributed by atoms with van der Waals surface area (Å²) in [4.78, 5) is 5.18. The Morgan fingerprint density at radius 1 is 0.867 bits per heavy atom. The van der Waals surface area contributed by atoms with Crippen LogP contribution in [0.25, 0.3) is 0 Å². The Labute approximate surface area is 94.6 Å². The molecule has 90 valence electrons. The molecule has 2 N–H and O–H groups in total. The van der Waals surface area contributed by atoms with Gasteiger partial charge in [0.25, 0.3) is 0 Å². The van der Waals surface area contributed by atoms with E-state index in [0.29, 0.717) is 0 Å². The molecule has 1 fully saturated rings. The van der Waals surface area contributed by atoms with Crippen molar-refractivity contribution < 1.29 is 0 Å². The van der Waals surface area contributed by atoms with Crippen LogP contribution < -0.4 is 5.73 Å². The first-order valence-corrected chi connectivity index (χ1v) is 6.51. The third-order valence-electron chi connectivity index (χ3n) is 3.18. The van der Waals surface area contributed by atoms with Gasteiger partial charge in [-0.25, -0.2) is 0 Å². The number of piperazine rings is 1. The van der Waals surface area contributed by atoms with Crippen molar-refractivity contribution in [2.24, 2.45) is 5.73 Å². The first kappa shape index (κ1) is 12.9. The molecule has 1 saturated heterocycles. The largest absolute Gasteiger partial charge is 0.330 e. The van der Waals surface area contributed by atoms with E-state index in [1.54, 1.807) is 0 Å². The van der Waals surface area contributed by atoms with Gasteiger partial charge in [-0.2, -0.15) is 0 Å². The summed E-state index contributed by atoms with van der Waals surface area (Å²) in [6.07, 6.45) is 5.10. The second-order valence-corrected chi connectivity index (χ2v) is 4.53. The Balaban J connectivity index is 1.99. The van der Waals surface area contributed by atoms with Crippen molar-refractivity contribution in [1.29, 1.82) is 0 Å². The molecule has 0 aromatic heterocycles. The van der Waals surface area contributed by atoms with E-state index in [0.717, 1.165) is 6.54 Å². The molecule has 0 aromatic carbocycles. The molecular formula is C12H27N3. The lowest BCUT2D eigenvalue weighted by molar-refractivity contribution is 0.131. The van der Waals surface area contributed by atoms with Crippen LogP contribution in [-0.4, -0.2) is 55.6 Å². The quantitative estimate of drug-likeness (QED) is 0.644. The summed E-state index contributed by atoms with van der Waals surface area (Å²) in [6, 6.07) is 0. The minimum atomic E-state index is 0.851. The van der Waals surface area contributed by atoms with E-state index >= 15 is 0 Å². The summed E-state index contributed by atoms with van der Waals surface area (Å²) >= 11 is 0. The molecule has 3 heteroatoms. The number of unbranched alkanes of at least 4 members (excludes halogenated alkanes) is 2. The monoisotopic (exact) mass is 213 g/mol. The van der Waals surface area contributed by atoms with Gasteiger partial charge in [0, 0.05) is 26.2 Å². The van der Waals surface area contributed by atoms with Crippen LogP contribution >= 0.6 is 0 Å². The van der Waals surface area contributed by atoms with Crippen LogP contribution in [0.3, 0.4) is 0 Å². The van der Waals surface area contributed by atoms with Crippen molar-refractivity contribution in [2.75, 3.05) is 45.8 Å². The van der Waals surface area contributed by atoms with Crippen molar-refractivity contribution in [1.82, 2.24) is 9.80 Å². The summed E-state index contributed by atoms with van der Waals surface area (Å²) in [5.74, 6) is 0. The molecule has 0 bridgehead atoms. The molecule has 0 spiro atoms. The van der Waals surface area contributed by atoms with Gasteiger partial charge in [-0.15, -0.1) is 0 Å². The van der Waals surface area contributed by atoms with Crippen LogP contribution in [-0.2, 0) is 0 Å². The Morgan fingerprint density at radius 2 is 1.47 bits per heavy atom. The van der Waals surface area contributed by atoms with Gasteiger partial charge in [0.05, 0.1) is 0 Å². The van der Waals surface area contributed by atoms with E-state index < -0.39 is 0 Å². The topological polar surface area (TPSA) is 32.5 Å². The lowest BCUT2D eigenvalue weighted by Gasteiger charge is -2.34. The summed E-state index contributed by atoms with van der Waals surface area (Å²) in [7, 11) is 0. The van der Waals surface area contributed by atoms with E-state index in [-0.39, 0.29) is 0 Å². The van der Waals surface area contributed by atoms with Crippen LogP contribution in [0.2, 0.25) is 0 Å². The highest BCUT2D eigenvalue weighted by molar-refractivity contribution is 4.71. The average molecular weight is 213 g/mol. The van der Waals surface area contributed by atoms with Gasteiger partial charge in [0.15, 0.2) is 0 Å². The lowest BCUT2D eigenvalue weighted by Crippen LogP contribution is -2.46. The minimum absolute atomic E-state index is 0.851. The number of nitrogens with two attached hydrogens (primary N) is 1.